The summed E-state index contributed by atoms with van der Waals surface area (Å²) in [5, 5.41) is 14.8. The molecule has 5 nitrogen and oxygen atoms in total. The van der Waals surface area contributed by atoms with Gasteiger partial charge in [-0.05, 0) is 0 Å². The van der Waals surface area contributed by atoms with Gasteiger partial charge < -0.3 is 10.2 Å². The van der Waals surface area contributed by atoms with Crippen LogP contribution < -0.4 is 0 Å². The second-order valence-corrected chi connectivity index (χ2v) is 3.67. The first-order chi connectivity index (χ1) is 9.52. The molecule has 2 aromatic carbocycles. The Morgan fingerprint density at radius 3 is 1.15 bits per heavy atom. The molecule has 0 amide bonds. The molecule has 0 radical (unpaired) electrons. The van der Waals surface area contributed by atoms with Crippen molar-refractivity contribution < 1.29 is 24.6 Å². The Morgan fingerprint density at radius 1 is 0.600 bits per heavy atom. The molecule has 0 saturated carbocycles. The van der Waals surface area contributed by atoms with Crippen LogP contribution in [0, 0.1) is 0 Å². The third kappa shape index (κ3) is 4.73. The second kappa shape index (κ2) is 7.48. The highest BCUT2D eigenvalue weighted by Gasteiger charge is 2.06. The number of carboxylic acid groups (broad SMARTS) is 2. The fraction of sp³-hybridized carbons (Fsp3) is 0. The fourth-order valence-corrected chi connectivity index (χ4v) is 1.35. The zero-order chi connectivity index (χ0) is 15.0. The van der Waals surface area contributed by atoms with Crippen LogP contribution in [0.4, 0.5) is 0 Å². The largest absolute Gasteiger partial charge is 0.473 e. The van der Waals surface area contributed by atoms with E-state index in [9.17, 15) is 4.79 Å². The average Bonchev–Trinajstić information content (AvgIpc) is 2.49. The average molecular weight is 272 g/mol. The van der Waals surface area contributed by atoms with Gasteiger partial charge in [0.15, 0.2) is 5.78 Å². The van der Waals surface area contributed by atoms with Gasteiger partial charge in [0.05, 0.1) is 0 Å². The number of ketones is 1. The Bertz CT molecular complexity index is 537. The van der Waals surface area contributed by atoms with Crippen molar-refractivity contribution in [1.29, 1.82) is 0 Å². The maximum absolute atomic E-state index is 11.8. The Balaban J connectivity index is 0.000000286. The van der Waals surface area contributed by atoms with Gasteiger partial charge in [0.25, 0.3) is 0 Å². The molecule has 2 aromatic rings. The molecule has 0 aliphatic heterocycles. The van der Waals surface area contributed by atoms with E-state index in [-0.39, 0.29) is 5.78 Å². The first-order valence-corrected chi connectivity index (χ1v) is 5.63. The molecule has 0 saturated heterocycles. The minimum atomic E-state index is -1.82. The summed E-state index contributed by atoms with van der Waals surface area (Å²) in [6.45, 7) is 0. The SMILES string of the molecule is O=C(O)C(=O)O.O=C(c1ccccc1)c1ccccc1. The van der Waals surface area contributed by atoms with Gasteiger partial charge in [-0.15, -0.1) is 0 Å². The number of aliphatic carboxylic acids is 2. The number of carbonyl (C=O) groups is 3. The van der Waals surface area contributed by atoms with Gasteiger partial charge in [0.1, 0.15) is 0 Å². The van der Waals surface area contributed by atoms with Crippen molar-refractivity contribution >= 4 is 17.7 Å². The van der Waals surface area contributed by atoms with Gasteiger partial charge in [-0.1, -0.05) is 60.7 Å². The van der Waals surface area contributed by atoms with E-state index >= 15 is 0 Å². The van der Waals surface area contributed by atoms with E-state index in [4.69, 9.17) is 19.8 Å². The van der Waals surface area contributed by atoms with Gasteiger partial charge in [-0.25, -0.2) is 9.59 Å². The maximum Gasteiger partial charge on any atom is 0.414 e. The molecule has 0 heterocycles. The van der Waals surface area contributed by atoms with Crippen LogP contribution in [0.5, 0.6) is 0 Å². The quantitative estimate of drug-likeness (QED) is 0.645. The first-order valence-electron chi connectivity index (χ1n) is 5.63. The molecule has 0 aromatic heterocycles. The van der Waals surface area contributed by atoms with Crippen molar-refractivity contribution in [3.8, 4) is 0 Å². The zero-order valence-corrected chi connectivity index (χ0v) is 10.4. The number of carbonyl (C=O) groups excluding carboxylic acids is 1. The highest BCUT2D eigenvalue weighted by Crippen LogP contribution is 2.08. The number of rotatable bonds is 2. The number of carboxylic acids is 2. The lowest BCUT2D eigenvalue weighted by atomic mass is 10.0. The topological polar surface area (TPSA) is 91.7 Å². The van der Waals surface area contributed by atoms with Crippen molar-refractivity contribution in [1.82, 2.24) is 0 Å². The van der Waals surface area contributed by atoms with Crippen LogP contribution in [0.1, 0.15) is 15.9 Å². The van der Waals surface area contributed by atoms with Gasteiger partial charge in [-0.3, -0.25) is 4.79 Å². The molecule has 0 aliphatic rings. The van der Waals surface area contributed by atoms with Crippen molar-refractivity contribution in [3.05, 3.63) is 71.8 Å². The first kappa shape index (κ1) is 15.1. The third-order valence-electron chi connectivity index (χ3n) is 2.25. The molecule has 2 N–H and O–H groups in total. The van der Waals surface area contributed by atoms with Crippen LogP contribution in [0.2, 0.25) is 0 Å². The van der Waals surface area contributed by atoms with E-state index in [1.807, 2.05) is 60.7 Å². The van der Waals surface area contributed by atoms with Crippen molar-refractivity contribution in [2.75, 3.05) is 0 Å². The monoisotopic (exact) mass is 272 g/mol. The zero-order valence-electron chi connectivity index (χ0n) is 10.4. The van der Waals surface area contributed by atoms with E-state index in [0.29, 0.717) is 0 Å². The minimum Gasteiger partial charge on any atom is -0.473 e. The van der Waals surface area contributed by atoms with Crippen molar-refractivity contribution in [2.45, 2.75) is 0 Å². The Morgan fingerprint density at radius 2 is 0.900 bits per heavy atom. The molecule has 0 aliphatic carbocycles. The number of hydrogen-bond acceptors (Lipinski definition) is 3. The van der Waals surface area contributed by atoms with Crippen LogP contribution >= 0.6 is 0 Å². The highest BCUT2D eigenvalue weighted by molar-refractivity contribution is 6.27. The normalized spacial score (nSPS) is 9.00. The summed E-state index contributed by atoms with van der Waals surface area (Å²) in [4.78, 5) is 30.0. The molecule has 0 fully saturated rings. The predicted octanol–water partition coefficient (Wildman–Crippen LogP) is 2.07. The molecular formula is C15H12O5. The maximum atomic E-state index is 11.8. The molecule has 5 heteroatoms. The van der Waals surface area contributed by atoms with Gasteiger partial charge in [0.2, 0.25) is 0 Å². The lowest BCUT2D eigenvalue weighted by Crippen LogP contribution is -2.09. The minimum absolute atomic E-state index is 0.0752. The second-order valence-electron chi connectivity index (χ2n) is 3.67. The standard InChI is InChI=1S/C13H10O.C2H2O4/c14-13(11-7-3-1-4-8-11)12-9-5-2-6-10-12;3-1(4)2(5)6/h1-10H;(H,3,4)(H,5,6). The lowest BCUT2D eigenvalue weighted by Gasteiger charge is -1.99. The van der Waals surface area contributed by atoms with E-state index in [2.05, 4.69) is 0 Å². The van der Waals surface area contributed by atoms with Crippen LogP contribution in [0.15, 0.2) is 60.7 Å². The van der Waals surface area contributed by atoms with E-state index in [1.165, 1.54) is 0 Å². The summed E-state index contributed by atoms with van der Waals surface area (Å²) in [7, 11) is 0. The smallest absolute Gasteiger partial charge is 0.414 e. The summed E-state index contributed by atoms with van der Waals surface area (Å²) in [6, 6.07) is 18.6. The fourth-order valence-electron chi connectivity index (χ4n) is 1.35. The summed E-state index contributed by atoms with van der Waals surface area (Å²) < 4.78 is 0. The van der Waals surface area contributed by atoms with E-state index < -0.39 is 11.9 Å². The van der Waals surface area contributed by atoms with Gasteiger partial charge in [-0.2, -0.15) is 0 Å². The summed E-state index contributed by atoms with van der Waals surface area (Å²) in [5.41, 5.74) is 1.47. The molecule has 2 rings (SSSR count). The van der Waals surface area contributed by atoms with Gasteiger partial charge >= 0.3 is 11.9 Å². The van der Waals surface area contributed by atoms with Gasteiger partial charge in [0, 0.05) is 11.1 Å². The summed E-state index contributed by atoms with van der Waals surface area (Å²) >= 11 is 0. The van der Waals surface area contributed by atoms with Crippen LogP contribution in [-0.4, -0.2) is 27.9 Å². The van der Waals surface area contributed by atoms with Crippen LogP contribution in [0.3, 0.4) is 0 Å². The predicted molar refractivity (Wildman–Crippen MR) is 71.6 cm³/mol. The third-order valence-corrected chi connectivity index (χ3v) is 2.25. The van der Waals surface area contributed by atoms with Crippen LogP contribution in [-0.2, 0) is 9.59 Å². The van der Waals surface area contributed by atoms with E-state index in [1.54, 1.807) is 0 Å². The molecular weight excluding hydrogens is 260 g/mol. The number of benzene rings is 2. The molecule has 102 valence electrons. The molecule has 0 spiro atoms. The molecule has 0 atom stereocenters. The molecule has 20 heavy (non-hydrogen) atoms. The van der Waals surface area contributed by atoms with E-state index in [0.717, 1.165) is 11.1 Å². The highest BCUT2D eigenvalue weighted by atomic mass is 16.4. The Hall–Kier alpha value is -2.95. The Kier molecular flexibility index (Phi) is 5.65. The van der Waals surface area contributed by atoms with Crippen molar-refractivity contribution in [2.24, 2.45) is 0 Å². The lowest BCUT2D eigenvalue weighted by molar-refractivity contribution is -0.159. The summed E-state index contributed by atoms with van der Waals surface area (Å²) in [5.74, 6) is -3.57. The Labute approximate surface area is 115 Å². The molecule has 0 bridgehead atoms. The van der Waals surface area contributed by atoms with Crippen LogP contribution in [0.25, 0.3) is 0 Å². The molecule has 0 unspecified atom stereocenters. The van der Waals surface area contributed by atoms with Crippen molar-refractivity contribution in [3.63, 3.8) is 0 Å². The summed E-state index contributed by atoms with van der Waals surface area (Å²) in [6.07, 6.45) is 0. The number of hydrogen-bond donors (Lipinski definition) is 2.